The van der Waals surface area contributed by atoms with Crippen LogP contribution in [0.3, 0.4) is 0 Å². The number of hydrogen-bond donors (Lipinski definition) is 0. The molecule has 0 heterocycles. The van der Waals surface area contributed by atoms with Gasteiger partial charge in [0.05, 0.1) is 5.69 Å². The van der Waals surface area contributed by atoms with Crippen LogP contribution in [0.15, 0.2) is 161 Å². The molecule has 0 fully saturated rings. The molecule has 0 spiro atoms. The molecule has 2 heteroatoms. The average Bonchev–Trinajstić information content (AvgIpc) is 3.04. The van der Waals surface area contributed by atoms with Gasteiger partial charge in [-0.25, -0.2) is 0 Å². The van der Waals surface area contributed by atoms with E-state index < -0.39 is 0 Å². The Labute approximate surface area is 259 Å². The van der Waals surface area contributed by atoms with Crippen molar-refractivity contribution < 1.29 is 0 Å². The summed E-state index contributed by atoms with van der Waals surface area (Å²) in [6, 6.07) is 50.1. The van der Waals surface area contributed by atoms with E-state index in [4.69, 9.17) is 0 Å². The molecule has 6 aromatic carbocycles. The topological polar surface area (TPSA) is 3.24 Å². The Hall–Kier alpha value is -4.79. The maximum atomic E-state index is 2.36. The number of benzene rings is 6. The van der Waals surface area contributed by atoms with E-state index in [1.807, 2.05) is 0 Å². The minimum absolute atomic E-state index is 1.15. The van der Waals surface area contributed by atoms with Crippen LogP contribution in [0, 0.1) is 13.8 Å². The van der Waals surface area contributed by atoms with Crippen molar-refractivity contribution in [1.29, 1.82) is 0 Å². The number of fused-ring (bicyclic) bond motifs is 1. The Morgan fingerprint density at radius 3 is 1.74 bits per heavy atom. The molecule has 0 saturated carbocycles. The molecule has 0 aliphatic rings. The highest BCUT2D eigenvalue weighted by Crippen LogP contribution is 2.41. The van der Waals surface area contributed by atoms with Gasteiger partial charge in [0, 0.05) is 26.6 Å². The summed E-state index contributed by atoms with van der Waals surface area (Å²) in [6.07, 6.45) is 6.54. The van der Waals surface area contributed by atoms with Crippen molar-refractivity contribution in [3.63, 3.8) is 0 Å². The van der Waals surface area contributed by atoms with Crippen LogP contribution in [0.25, 0.3) is 22.4 Å². The molecule has 1 nitrogen and oxygen atoms in total. The number of hydrogen-bond acceptors (Lipinski definition) is 2. The molecule has 0 amide bonds. The van der Waals surface area contributed by atoms with E-state index in [0.29, 0.717) is 0 Å². The van der Waals surface area contributed by atoms with Gasteiger partial charge >= 0.3 is 0 Å². The van der Waals surface area contributed by atoms with Crippen molar-refractivity contribution in [2.75, 3.05) is 4.90 Å². The molecular formula is C41H35NS. The minimum atomic E-state index is 1.15. The van der Waals surface area contributed by atoms with E-state index >= 15 is 0 Å². The summed E-state index contributed by atoms with van der Waals surface area (Å²) in [4.78, 5) is 4.86. The predicted octanol–water partition coefficient (Wildman–Crippen LogP) is 12.2. The van der Waals surface area contributed by atoms with Crippen molar-refractivity contribution in [2.45, 2.75) is 30.6 Å². The average molecular weight is 574 g/mol. The van der Waals surface area contributed by atoms with E-state index in [2.05, 4.69) is 183 Å². The number of rotatable bonds is 8. The zero-order valence-electron chi connectivity index (χ0n) is 24.9. The zero-order chi connectivity index (χ0) is 29.6. The maximum absolute atomic E-state index is 2.36. The van der Waals surface area contributed by atoms with Gasteiger partial charge in [-0.1, -0.05) is 126 Å². The Morgan fingerprint density at radius 2 is 1.12 bits per heavy atom. The second kappa shape index (κ2) is 13.0. The quantitative estimate of drug-likeness (QED) is 0.167. The molecule has 6 rings (SSSR count). The third kappa shape index (κ3) is 6.66. The SMILES string of the molecule is C/C(=C/C=C/c1ccc(Sc2ccccc2)cc1)c1ccc(N(c2ccc(C)cc2)c2ccc(C)cc2)c2ccccc12. The Bertz CT molecular complexity index is 1840. The molecule has 0 aliphatic heterocycles. The predicted molar refractivity (Wildman–Crippen MR) is 188 cm³/mol. The van der Waals surface area contributed by atoms with Gasteiger partial charge < -0.3 is 4.90 Å². The van der Waals surface area contributed by atoms with Crippen LogP contribution in [-0.4, -0.2) is 0 Å². The van der Waals surface area contributed by atoms with Gasteiger partial charge in [0.25, 0.3) is 0 Å². The molecule has 0 saturated heterocycles. The zero-order valence-corrected chi connectivity index (χ0v) is 25.7. The van der Waals surface area contributed by atoms with Crippen LogP contribution in [0.1, 0.15) is 29.2 Å². The number of anilines is 3. The fourth-order valence-corrected chi connectivity index (χ4v) is 6.14. The van der Waals surface area contributed by atoms with Gasteiger partial charge in [-0.3, -0.25) is 0 Å². The van der Waals surface area contributed by atoms with Crippen molar-refractivity contribution in [3.8, 4) is 0 Å². The van der Waals surface area contributed by atoms with E-state index in [1.165, 1.54) is 54.1 Å². The van der Waals surface area contributed by atoms with Crippen molar-refractivity contribution in [2.24, 2.45) is 0 Å². The second-order valence-corrected chi connectivity index (χ2v) is 12.0. The largest absolute Gasteiger partial charge is 0.310 e. The molecule has 0 aliphatic carbocycles. The first kappa shape index (κ1) is 28.3. The highest BCUT2D eigenvalue weighted by Gasteiger charge is 2.17. The lowest BCUT2D eigenvalue weighted by molar-refractivity contribution is 1.28. The lowest BCUT2D eigenvalue weighted by Gasteiger charge is -2.27. The van der Waals surface area contributed by atoms with Crippen LogP contribution in [-0.2, 0) is 0 Å². The van der Waals surface area contributed by atoms with E-state index in [1.54, 1.807) is 11.8 Å². The first-order valence-corrected chi connectivity index (χ1v) is 15.5. The lowest BCUT2D eigenvalue weighted by Crippen LogP contribution is -2.10. The molecule has 210 valence electrons. The molecule has 43 heavy (non-hydrogen) atoms. The summed E-state index contributed by atoms with van der Waals surface area (Å²) in [5.41, 5.74) is 9.63. The van der Waals surface area contributed by atoms with Crippen molar-refractivity contribution in [1.82, 2.24) is 0 Å². The number of allylic oxidation sites excluding steroid dienone is 3. The summed E-state index contributed by atoms with van der Waals surface area (Å²) < 4.78 is 0. The van der Waals surface area contributed by atoms with Gasteiger partial charge in [0.15, 0.2) is 0 Å². The highest BCUT2D eigenvalue weighted by molar-refractivity contribution is 7.99. The molecule has 0 aromatic heterocycles. The van der Waals surface area contributed by atoms with Gasteiger partial charge in [-0.05, 0) is 97.5 Å². The fraction of sp³-hybridized carbons (Fsp3) is 0.0732. The van der Waals surface area contributed by atoms with Gasteiger partial charge in [-0.15, -0.1) is 0 Å². The second-order valence-electron chi connectivity index (χ2n) is 10.9. The third-order valence-electron chi connectivity index (χ3n) is 7.65. The number of nitrogens with zero attached hydrogens (tertiary/aromatic N) is 1. The van der Waals surface area contributed by atoms with Crippen molar-refractivity contribution in [3.05, 3.63) is 174 Å². The van der Waals surface area contributed by atoms with Crippen LogP contribution in [0.4, 0.5) is 17.1 Å². The highest BCUT2D eigenvalue weighted by atomic mass is 32.2. The van der Waals surface area contributed by atoms with Crippen LogP contribution in [0.2, 0.25) is 0 Å². The summed E-state index contributed by atoms with van der Waals surface area (Å²) in [7, 11) is 0. The monoisotopic (exact) mass is 573 g/mol. The van der Waals surface area contributed by atoms with Gasteiger partial charge in [-0.2, -0.15) is 0 Å². The fourth-order valence-electron chi connectivity index (χ4n) is 5.30. The maximum Gasteiger partial charge on any atom is 0.0540 e. The number of aryl methyl sites for hydroxylation is 2. The summed E-state index contributed by atoms with van der Waals surface area (Å²) in [5.74, 6) is 0. The molecule has 0 bridgehead atoms. The standard InChI is InChI=1S/C41H35NS/c1-30-16-22-34(23-17-30)42(35-24-18-31(2)19-25-35)41-29-28-38(39-14-7-8-15-40(39)41)32(3)10-9-11-33-20-26-37(27-21-33)43-36-12-5-4-6-13-36/h4-29H,1-3H3/b11-9+,32-10-. The van der Waals surface area contributed by atoms with Crippen LogP contribution in [0.5, 0.6) is 0 Å². The van der Waals surface area contributed by atoms with Crippen molar-refractivity contribution >= 4 is 51.2 Å². The summed E-state index contributed by atoms with van der Waals surface area (Å²) in [5, 5.41) is 2.47. The van der Waals surface area contributed by atoms with Crippen LogP contribution < -0.4 is 4.90 Å². The van der Waals surface area contributed by atoms with Gasteiger partial charge in [0.1, 0.15) is 0 Å². The molecular weight excluding hydrogens is 539 g/mol. The Kier molecular flexibility index (Phi) is 8.58. The van der Waals surface area contributed by atoms with E-state index in [9.17, 15) is 0 Å². The Morgan fingerprint density at radius 1 is 0.558 bits per heavy atom. The van der Waals surface area contributed by atoms with E-state index in [0.717, 1.165) is 11.4 Å². The molecule has 6 aromatic rings. The minimum Gasteiger partial charge on any atom is -0.310 e. The molecule has 0 N–H and O–H groups in total. The lowest BCUT2D eigenvalue weighted by atomic mass is 9.96. The molecule has 0 radical (unpaired) electrons. The molecule has 0 unspecified atom stereocenters. The third-order valence-corrected chi connectivity index (χ3v) is 8.66. The molecule has 0 atom stereocenters. The van der Waals surface area contributed by atoms with E-state index in [-0.39, 0.29) is 0 Å². The summed E-state index contributed by atoms with van der Waals surface area (Å²) in [6.45, 7) is 6.46. The van der Waals surface area contributed by atoms with Crippen LogP contribution >= 0.6 is 11.8 Å². The van der Waals surface area contributed by atoms with Gasteiger partial charge in [0.2, 0.25) is 0 Å². The Balaban J connectivity index is 1.30. The first-order chi connectivity index (χ1) is 21.0. The first-order valence-electron chi connectivity index (χ1n) is 14.7. The normalized spacial score (nSPS) is 11.7. The summed E-state index contributed by atoms with van der Waals surface area (Å²) >= 11 is 1.79. The smallest absolute Gasteiger partial charge is 0.0540 e.